The van der Waals surface area contributed by atoms with Crippen molar-refractivity contribution in [2.24, 2.45) is 5.92 Å². The standard InChI is InChI=1S/C10H17NO2S/c1-14-7-4-5-11(6-7)9-3-2-8(9)10(12)13/h7-9H,2-6H2,1H3,(H,12,13). The predicted molar refractivity (Wildman–Crippen MR) is 57.6 cm³/mol. The van der Waals surface area contributed by atoms with Crippen LogP contribution in [0.25, 0.3) is 0 Å². The Bertz CT molecular complexity index is 234. The van der Waals surface area contributed by atoms with Crippen LogP contribution in [0.3, 0.4) is 0 Å². The maximum Gasteiger partial charge on any atom is 0.308 e. The molecule has 1 heterocycles. The van der Waals surface area contributed by atoms with E-state index in [0.717, 1.165) is 31.2 Å². The number of nitrogens with zero attached hydrogens (tertiary/aromatic N) is 1. The van der Waals surface area contributed by atoms with Crippen LogP contribution in [0.15, 0.2) is 0 Å². The van der Waals surface area contributed by atoms with Crippen LogP contribution in [-0.2, 0) is 4.79 Å². The summed E-state index contributed by atoms with van der Waals surface area (Å²) >= 11 is 1.91. The third kappa shape index (κ3) is 1.77. The van der Waals surface area contributed by atoms with Gasteiger partial charge in [-0.3, -0.25) is 9.69 Å². The lowest BCUT2D eigenvalue weighted by Crippen LogP contribution is -2.49. The Morgan fingerprint density at radius 2 is 2.21 bits per heavy atom. The molecule has 80 valence electrons. The molecule has 1 aliphatic heterocycles. The van der Waals surface area contributed by atoms with Gasteiger partial charge in [0.2, 0.25) is 0 Å². The summed E-state index contributed by atoms with van der Waals surface area (Å²) < 4.78 is 0. The molecule has 2 aliphatic rings. The quantitative estimate of drug-likeness (QED) is 0.770. The molecular weight excluding hydrogens is 198 g/mol. The van der Waals surface area contributed by atoms with Crippen LogP contribution in [0.2, 0.25) is 0 Å². The highest BCUT2D eigenvalue weighted by Crippen LogP contribution is 2.35. The summed E-state index contributed by atoms with van der Waals surface area (Å²) in [6.07, 6.45) is 5.33. The molecule has 1 saturated heterocycles. The first-order valence-electron chi connectivity index (χ1n) is 5.22. The van der Waals surface area contributed by atoms with Crippen molar-refractivity contribution in [2.45, 2.75) is 30.6 Å². The van der Waals surface area contributed by atoms with Crippen molar-refractivity contribution in [3.05, 3.63) is 0 Å². The van der Waals surface area contributed by atoms with Crippen molar-refractivity contribution in [1.82, 2.24) is 4.90 Å². The van der Waals surface area contributed by atoms with Gasteiger partial charge in [0.15, 0.2) is 0 Å². The first-order chi connectivity index (χ1) is 6.72. The summed E-state index contributed by atoms with van der Waals surface area (Å²) in [5.41, 5.74) is 0. The Morgan fingerprint density at radius 1 is 1.43 bits per heavy atom. The van der Waals surface area contributed by atoms with Gasteiger partial charge >= 0.3 is 5.97 Å². The average molecular weight is 215 g/mol. The molecule has 4 heteroatoms. The molecule has 0 bridgehead atoms. The maximum atomic E-state index is 10.9. The van der Waals surface area contributed by atoms with Crippen molar-refractivity contribution in [3.8, 4) is 0 Å². The SMILES string of the molecule is CSC1CCN(C2CCC2C(=O)O)C1. The van der Waals surface area contributed by atoms with Gasteiger partial charge in [0.1, 0.15) is 0 Å². The van der Waals surface area contributed by atoms with Crippen molar-refractivity contribution >= 4 is 17.7 Å². The van der Waals surface area contributed by atoms with Crippen LogP contribution in [-0.4, -0.2) is 46.6 Å². The minimum atomic E-state index is -0.603. The smallest absolute Gasteiger partial charge is 0.308 e. The van der Waals surface area contributed by atoms with E-state index in [4.69, 9.17) is 5.11 Å². The maximum absolute atomic E-state index is 10.9. The van der Waals surface area contributed by atoms with E-state index in [1.807, 2.05) is 11.8 Å². The number of carboxylic acid groups (broad SMARTS) is 1. The van der Waals surface area contributed by atoms with Gasteiger partial charge in [0.25, 0.3) is 0 Å². The van der Waals surface area contributed by atoms with Crippen LogP contribution in [0, 0.1) is 5.92 Å². The molecule has 3 atom stereocenters. The van der Waals surface area contributed by atoms with Gasteiger partial charge < -0.3 is 5.11 Å². The Morgan fingerprint density at radius 3 is 2.64 bits per heavy atom. The van der Waals surface area contributed by atoms with Crippen LogP contribution >= 0.6 is 11.8 Å². The largest absolute Gasteiger partial charge is 0.481 e. The molecule has 0 aromatic carbocycles. The summed E-state index contributed by atoms with van der Waals surface area (Å²) in [5, 5.41) is 9.68. The van der Waals surface area contributed by atoms with Gasteiger partial charge in [0.05, 0.1) is 5.92 Å². The van der Waals surface area contributed by atoms with E-state index in [0.29, 0.717) is 6.04 Å². The van der Waals surface area contributed by atoms with Gasteiger partial charge in [0, 0.05) is 17.8 Å². The molecule has 1 aliphatic carbocycles. The van der Waals surface area contributed by atoms with Gasteiger partial charge in [-0.05, 0) is 32.1 Å². The highest BCUT2D eigenvalue weighted by molar-refractivity contribution is 7.99. The van der Waals surface area contributed by atoms with Gasteiger partial charge in [-0.1, -0.05) is 0 Å². The molecular formula is C10H17NO2S. The second-order valence-electron chi connectivity index (χ2n) is 4.23. The minimum Gasteiger partial charge on any atom is -0.481 e. The van der Waals surface area contributed by atoms with Crippen molar-refractivity contribution in [2.75, 3.05) is 19.3 Å². The third-order valence-electron chi connectivity index (χ3n) is 3.53. The van der Waals surface area contributed by atoms with E-state index in [9.17, 15) is 4.79 Å². The molecule has 0 aromatic rings. The molecule has 0 radical (unpaired) electrons. The number of aliphatic carboxylic acids is 1. The van der Waals surface area contributed by atoms with E-state index in [2.05, 4.69) is 11.2 Å². The number of likely N-dealkylation sites (tertiary alicyclic amines) is 1. The number of thioether (sulfide) groups is 1. The van der Waals surface area contributed by atoms with Crippen LogP contribution in [0.5, 0.6) is 0 Å². The first kappa shape index (κ1) is 10.3. The Kier molecular flexibility index (Phi) is 3.02. The summed E-state index contributed by atoms with van der Waals surface area (Å²) in [6, 6.07) is 0.338. The summed E-state index contributed by atoms with van der Waals surface area (Å²) in [4.78, 5) is 13.2. The van der Waals surface area contributed by atoms with Crippen LogP contribution < -0.4 is 0 Å². The second-order valence-corrected chi connectivity index (χ2v) is 5.37. The fraction of sp³-hybridized carbons (Fsp3) is 0.900. The number of hydrogen-bond acceptors (Lipinski definition) is 3. The van der Waals surface area contributed by atoms with Crippen LogP contribution in [0.4, 0.5) is 0 Å². The minimum absolute atomic E-state index is 0.0874. The number of rotatable bonds is 3. The molecule has 0 amide bonds. The third-order valence-corrected chi connectivity index (χ3v) is 4.59. The first-order valence-corrected chi connectivity index (χ1v) is 6.51. The normalized spacial score (nSPS) is 38.2. The zero-order valence-electron chi connectivity index (χ0n) is 8.48. The molecule has 1 N–H and O–H groups in total. The molecule has 3 unspecified atom stereocenters. The topological polar surface area (TPSA) is 40.5 Å². The number of carbonyl (C=O) groups is 1. The molecule has 14 heavy (non-hydrogen) atoms. The Labute approximate surface area is 88.9 Å². The van der Waals surface area contributed by atoms with Crippen LogP contribution in [0.1, 0.15) is 19.3 Å². The lowest BCUT2D eigenvalue weighted by molar-refractivity contribution is -0.148. The molecule has 2 rings (SSSR count). The fourth-order valence-corrected chi connectivity index (χ4v) is 3.14. The zero-order valence-corrected chi connectivity index (χ0v) is 9.30. The Balaban J connectivity index is 1.88. The highest BCUT2D eigenvalue weighted by Gasteiger charge is 2.42. The Hall–Kier alpha value is -0.220. The van der Waals surface area contributed by atoms with E-state index in [-0.39, 0.29) is 5.92 Å². The predicted octanol–water partition coefficient (Wildman–Crippen LogP) is 1.29. The van der Waals surface area contributed by atoms with Crippen molar-refractivity contribution < 1.29 is 9.90 Å². The second kappa shape index (κ2) is 4.11. The van der Waals surface area contributed by atoms with E-state index in [1.54, 1.807) is 0 Å². The molecule has 0 spiro atoms. The molecule has 3 nitrogen and oxygen atoms in total. The average Bonchev–Trinajstić information content (AvgIpc) is 2.49. The summed E-state index contributed by atoms with van der Waals surface area (Å²) in [7, 11) is 0. The van der Waals surface area contributed by atoms with E-state index < -0.39 is 5.97 Å². The number of carboxylic acids is 1. The van der Waals surface area contributed by atoms with Crippen molar-refractivity contribution in [3.63, 3.8) is 0 Å². The summed E-state index contributed by atoms with van der Waals surface area (Å²) in [6.45, 7) is 2.19. The zero-order chi connectivity index (χ0) is 10.1. The monoisotopic (exact) mass is 215 g/mol. The van der Waals surface area contributed by atoms with Crippen molar-refractivity contribution in [1.29, 1.82) is 0 Å². The molecule has 0 aromatic heterocycles. The lowest BCUT2D eigenvalue weighted by Gasteiger charge is -2.40. The molecule has 1 saturated carbocycles. The van der Waals surface area contributed by atoms with E-state index in [1.165, 1.54) is 6.42 Å². The van der Waals surface area contributed by atoms with Gasteiger partial charge in [-0.2, -0.15) is 11.8 Å². The fourth-order valence-electron chi connectivity index (χ4n) is 2.46. The van der Waals surface area contributed by atoms with E-state index >= 15 is 0 Å². The lowest BCUT2D eigenvalue weighted by atomic mass is 9.78. The highest BCUT2D eigenvalue weighted by atomic mass is 32.2. The summed E-state index contributed by atoms with van der Waals surface area (Å²) in [5.74, 6) is -0.690. The van der Waals surface area contributed by atoms with Gasteiger partial charge in [-0.15, -0.1) is 0 Å². The number of hydrogen-bond donors (Lipinski definition) is 1. The molecule has 2 fully saturated rings. The van der Waals surface area contributed by atoms with Gasteiger partial charge in [-0.25, -0.2) is 0 Å².